The van der Waals surface area contributed by atoms with E-state index in [9.17, 15) is 4.79 Å². The van der Waals surface area contributed by atoms with E-state index in [4.69, 9.17) is 11.6 Å². The molecule has 3 rings (SSSR count). The lowest BCUT2D eigenvalue weighted by atomic mass is 10.1. The first-order valence-corrected chi connectivity index (χ1v) is 9.08. The number of carbonyl (C=O) groups excluding carboxylic acids is 1. The molecule has 0 radical (unpaired) electrons. The maximum atomic E-state index is 12.2. The Kier molecular flexibility index (Phi) is 5.67. The summed E-state index contributed by atoms with van der Waals surface area (Å²) in [5.74, 6) is 0.0935. The van der Waals surface area contributed by atoms with E-state index in [2.05, 4.69) is 27.8 Å². The number of thioether (sulfide) groups is 1. The molecule has 25 heavy (non-hydrogen) atoms. The predicted molar refractivity (Wildman–Crippen MR) is 99.3 cm³/mol. The van der Waals surface area contributed by atoms with Crippen molar-refractivity contribution in [1.82, 2.24) is 20.2 Å². The highest BCUT2D eigenvalue weighted by Gasteiger charge is 2.12. The van der Waals surface area contributed by atoms with Crippen LogP contribution in [0, 0.1) is 0 Å². The van der Waals surface area contributed by atoms with Crippen LogP contribution in [0.2, 0.25) is 5.02 Å². The predicted octanol–water partition coefficient (Wildman–Crippen LogP) is 3.61. The monoisotopic (exact) mass is 373 g/mol. The number of nitrogens with zero attached hydrogens (tertiary/aromatic N) is 4. The molecule has 0 saturated carbocycles. The number of aromatic nitrogens is 4. The second kappa shape index (κ2) is 8.13. The minimum Gasteiger partial charge on any atom is -0.325 e. The van der Waals surface area contributed by atoms with E-state index in [1.807, 2.05) is 36.4 Å². The van der Waals surface area contributed by atoms with Gasteiger partial charge in [0.05, 0.1) is 11.4 Å². The fraction of sp³-hybridized carbons (Fsp3) is 0.176. The number of benzene rings is 2. The lowest BCUT2D eigenvalue weighted by molar-refractivity contribution is -0.113. The number of carbonyl (C=O) groups is 1. The van der Waals surface area contributed by atoms with Crippen molar-refractivity contribution in [2.75, 3.05) is 11.1 Å². The number of amides is 1. The minimum absolute atomic E-state index is 0.112. The first-order valence-electron chi connectivity index (χ1n) is 7.71. The van der Waals surface area contributed by atoms with Gasteiger partial charge in [-0.3, -0.25) is 4.79 Å². The van der Waals surface area contributed by atoms with Crippen molar-refractivity contribution in [3.63, 3.8) is 0 Å². The summed E-state index contributed by atoms with van der Waals surface area (Å²) in [4.78, 5) is 12.2. The van der Waals surface area contributed by atoms with Crippen LogP contribution in [0.4, 0.5) is 5.69 Å². The van der Waals surface area contributed by atoms with Crippen LogP contribution in [0.5, 0.6) is 0 Å². The van der Waals surface area contributed by atoms with Gasteiger partial charge in [0, 0.05) is 10.7 Å². The summed E-state index contributed by atoms with van der Waals surface area (Å²) in [7, 11) is 0. The van der Waals surface area contributed by atoms with E-state index in [1.165, 1.54) is 17.3 Å². The van der Waals surface area contributed by atoms with Crippen LogP contribution in [0.3, 0.4) is 0 Å². The van der Waals surface area contributed by atoms with Crippen molar-refractivity contribution >= 4 is 35.0 Å². The third kappa shape index (κ3) is 4.58. The Morgan fingerprint density at radius 1 is 1.24 bits per heavy atom. The average Bonchev–Trinajstić information content (AvgIpc) is 3.09. The van der Waals surface area contributed by atoms with Crippen LogP contribution in [-0.4, -0.2) is 31.9 Å². The Labute approximate surface area is 154 Å². The molecule has 0 bridgehead atoms. The Hall–Kier alpha value is -2.38. The lowest BCUT2D eigenvalue weighted by Gasteiger charge is -2.07. The number of anilines is 1. The molecule has 0 atom stereocenters. The molecule has 1 aromatic heterocycles. The number of hydrogen-bond acceptors (Lipinski definition) is 5. The fourth-order valence-corrected chi connectivity index (χ4v) is 3.11. The van der Waals surface area contributed by atoms with Gasteiger partial charge in [0.25, 0.3) is 0 Å². The summed E-state index contributed by atoms with van der Waals surface area (Å²) in [6.45, 7) is 2.08. The SMILES string of the molecule is CCc1cccc(NC(=O)CSc2nnnn2-c2cccc(Cl)c2)c1. The number of rotatable bonds is 6. The van der Waals surface area contributed by atoms with Gasteiger partial charge < -0.3 is 5.32 Å². The summed E-state index contributed by atoms with van der Waals surface area (Å²) in [5.41, 5.74) is 2.71. The van der Waals surface area contributed by atoms with Gasteiger partial charge in [0.15, 0.2) is 0 Å². The van der Waals surface area contributed by atoms with Gasteiger partial charge >= 0.3 is 0 Å². The number of tetrazole rings is 1. The summed E-state index contributed by atoms with van der Waals surface area (Å²) in [6.07, 6.45) is 0.923. The maximum absolute atomic E-state index is 12.2. The van der Waals surface area contributed by atoms with Crippen LogP contribution in [0.25, 0.3) is 5.69 Å². The minimum atomic E-state index is -0.112. The van der Waals surface area contributed by atoms with Crippen LogP contribution in [0.15, 0.2) is 53.7 Å². The summed E-state index contributed by atoms with van der Waals surface area (Å²) < 4.78 is 1.56. The first kappa shape index (κ1) is 17.4. The number of hydrogen-bond donors (Lipinski definition) is 1. The maximum Gasteiger partial charge on any atom is 0.234 e. The summed E-state index contributed by atoms with van der Waals surface area (Å²) in [6, 6.07) is 15.0. The van der Waals surface area contributed by atoms with Crippen LogP contribution < -0.4 is 5.32 Å². The van der Waals surface area contributed by atoms with Gasteiger partial charge in [-0.05, 0) is 52.7 Å². The smallest absolute Gasteiger partial charge is 0.234 e. The van der Waals surface area contributed by atoms with Crippen molar-refractivity contribution in [3.8, 4) is 5.69 Å². The molecule has 1 heterocycles. The molecule has 0 saturated heterocycles. The summed E-state index contributed by atoms with van der Waals surface area (Å²) >= 11 is 7.27. The molecule has 128 valence electrons. The second-order valence-corrected chi connectivity index (χ2v) is 6.62. The standard InChI is InChI=1S/C17H16ClN5OS/c1-2-12-5-3-7-14(9-12)19-16(24)11-25-17-20-21-22-23(17)15-8-4-6-13(18)10-15/h3-10H,2,11H2,1H3,(H,19,24). The molecule has 2 aromatic carbocycles. The third-order valence-electron chi connectivity index (χ3n) is 3.45. The average molecular weight is 374 g/mol. The van der Waals surface area contributed by atoms with E-state index in [0.717, 1.165) is 17.8 Å². The molecular weight excluding hydrogens is 358 g/mol. The van der Waals surface area contributed by atoms with Crippen LogP contribution in [-0.2, 0) is 11.2 Å². The number of halogens is 1. The van der Waals surface area contributed by atoms with Gasteiger partial charge in [0.2, 0.25) is 11.1 Å². The Bertz CT molecular complexity index is 883. The van der Waals surface area contributed by atoms with E-state index in [-0.39, 0.29) is 11.7 Å². The summed E-state index contributed by atoms with van der Waals surface area (Å²) in [5, 5.41) is 15.6. The molecule has 1 amide bonds. The van der Waals surface area contributed by atoms with Gasteiger partial charge in [0.1, 0.15) is 0 Å². The second-order valence-electron chi connectivity index (χ2n) is 5.24. The first-order chi connectivity index (χ1) is 12.2. The van der Waals surface area contributed by atoms with Crippen molar-refractivity contribution < 1.29 is 4.79 Å². The van der Waals surface area contributed by atoms with E-state index >= 15 is 0 Å². The van der Waals surface area contributed by atoms with Crippen molar-refractivity contribution in [2.24, 2.45) is 0 Å². The molecule has 0 aliphatic rings. The topological polar surface area (TPSA) is 72.7 Å². The Morgan fingerprint density at radius 2 is 2.08 bits per heavy atom. The van der Waals surface area contributed by atoms with Gasteiger partial charge in [-0.2, -0.15) is 4.68 Å². The van der Waals surface area contributed by atoms with Gasteiger partial charge in [-0.15, -0.1) is 5.10 Å². The molecule has 0 fully saturated rings. The highest BCUT2D eigenvalue weighted by Crippen LogP contribution is 2.21. The molecule has 1 N–H and O–H groups in total. The number of nitrogens with one attached hydrogen (secondary N) is 1. The molecule has 0 aliphatic heterocycles. The van der Waals surface area contributed by atoms with Gasteiger partial charge in [-0.25, -0.2) is 0 Å². The quantitative estimate of drug-likeness (QED) is 0.668. The highest BCUT2D eigenvalue weighted by molar-refractivity contribution is 7.99. The molecule has 6 nitrogen and oxygen atoms in total. The van der Waals surface area contributed by atoms with Crippen LogP contribution >= 0.6 is 23.4 Å². The van der Waals surface area contributed by atoms with Crippen LogP contribution in [0.1, 0.15) is 12.5 Å². The third-order valence-corrected chi connectivity index (χ3v) is 4.60. The van der Waals surface area contributed by atoms with Crippen molar-refractivity contribution in [1.29, 1.82) is 0 Å². The van der Waals surface area contributed by atoms with Gasteiger partial charge in [-0.1, -0.05) is 48.5 Å². The fourth-order valence-electron chi connectivity index (χ4n) is 2.24. The Balaban J connectivity index is 1.64. The zero-order chi connectivity index (χ0) is 17.6. The van der Waals surface area contributed by atoms with E-state index < -0.39 is 0 Å². The number of aryl methyl sites for hydroxylation is 1. The Morgan fingerprint density at radius 3 is 2.88 bits per heavy atom. The normalized spacial score (nSPS) is 10.6. The van der Waals surface area contributed by atoms with E-state index in [1.54, 1.807) is 16.8 Å². The zero-order valence-electron chi connectivity index (χ0n) is 13.5. The molecular formula is C17H16ClN5OS. The van der Waals surface area contributed by atoms with Crippen molar-refractivity contribution in [3.05, 3.63) is 59.1 Å². The lowest BCUT2D eigenvalue weighted by Crippen LogP contribution is -2.14. The van der Waals surface area contributed by atoms with E-state index in [0.29, 0.717) is 10.2 Å². The van der Waals surface area contributed by atoms with Crippen molar-refractivity contribution in [2.45, 2.75) is 18.5 Å². The zero-order valence-corrected chi connectivity index (χ0v) is 15.1. The molecule has 0 aliphatic carbocycles. The largest absolute Gasteiger partial charge is 0.325 e. The molecule has 3 aromatic rings. The molecule has 0 unspecified atom stereocenters. The highest BCUT2D eigenvalue weighted by atomic mass is 35.5. The molecule has 0 spiro atoms. The molecule has 8 heteroatoms.